The second-order valence-corrected chi connectivity index (χ2v) is 6.74. The molecule has 130 valence electrons. The zero-order valence-corrected chi connectivity index (χ0v) is 15.1. The topological polar surface area (TPSA) is 81.4 Å². The number of benzene rings is 2. The summed E-state index contributed by atoms with van der Waals surface area (Å²) in [5.74, 6) is 0.271. The summed E-state index contributed by atoms with van der Waals surface area (Å²) in [5, 5.41) is 16.3. The van der Waals surface area contributed by atoms with E-state index in [0.717, 1.165) is 10.6 Å². The number of hydrogen-bond donors (Lipinski definition) is 1. The third kappa shape index (κ3) is 3.12. The van der Waals surface area contributed by atoms with Gasteiger partial charge >= 0.3 is 0 Å². The first kappa shape index (κ1) is 16.5. The molecule has 26 heavy (non-hydrogen) atoms. The maximum Gasteiger partial charge on any atom is 0.255 e. The average molecular weight is 386 g/mol. The first-order valence-corrected chi connectivity index (χ1v) is 8.75. The Morgan fingerprint density at radius 1 is 1.27 bits per heavy atom. The van der Waals surface area contributed by atoms with Gasteiger partial charge in [0.25, 0.3) is 5.91 Å². The first-order chi connectivity index (χ1) is 12.6. The number of aromatic nitrogens is 4. The Morgan fingerprint density at radius 2 is 2.15 bits per heavy atom. The molecule has 0 fully saturated rings. The zero-order valence-electron chi connectivity index (χ0n) is 13.5. The van der Waals surface area contributed by atoms with Crippen molar-refractivity contribution >= 4 is 39.5 Å². The Bertz CT molecular complexity index is 1080. The second-order valence-electron chi connectivity index (χ2n) is 5.34. The van der Waals surface area contributed by atoms with E-state index in [-0.39, 0.29) is 5.91 Å². The number of ether oxygens (including phenoxy) is 1. The minimum Gasteiger partial charge on any atom is -0.495 e. The molecule has 7 nitrogen and oxygen atoms in total. The molecule has 0 saturated heterocycles. The van der Waals surface area contributed by atoms with Gasteiger partial charge in [0.2, 0.25) is 4.96 Å². The van der Waals surface area contributed by atoms with E-state index in [2.05, 4.69) is 20.6 Å². The Morgan fingerprint density at radius 3 is 2.92 bits per heavy atom. The summed E-state index contributed by atoms with van der Waals surface area (Å²) in [6.07, 6.45) is 1.54. The van der Waals surface area contributed by atoms with Crippen LogP contribution in [0.2, 0.25) is 5.02 Å². The summed E-state index contributed by atoms with van der Waals surface area (Å²) in [6.45, 7) is 0. The van der Waals surface area contributed by atoms with Crippen LogP contribution in [-0.4, -0.2) is 32.8 Å². The highest BCUT2D eigenvalue weighted by atomic mass is 35.5. The minimum absolute atomic E-state index is 0.277. The second kappa shape index (κ2) is 6.74. The number of rotatable bonds is 4. The number of halogens is 1. The monoisotopic (exact) mass is 385 g/mol. The van der Waals surface area contributed by atoms with E-state index in [1.807, 2.05) is 12.1 Å². The molecule has 0 saturated carbocycles. The van der Waals surface area contributed by atoms with Crippen LogP contribution in [0.5, 0.6) is 5.75 Å². The maximum absolute atomic E-state index is 12.5. The average Bonchev–Trinajstić information content (AvgIpc) is 3.23. The molecule has 9 heteroatoms. The van der Waals surface area contributed by atoms with Crippen molar-refractivity contribution < 1.29 is 9.53 Å². The predicted octanol–water partition coefficient (Wildman–Crippen LogP) is 3.77. The largest absolute Gasteiger partial charge is 0.495 e. The standard InChI is InChI=1S/C17H12ClN5O2S/c1-25-14-6-5-11(16-22-23-9-19-21-17(23)26-16)8-13(14)20-15(24)10-3-2-4-12(18)7-10/h2-9H,1H3,(H,20,24). The van der Waals surface area contributed by atoms with E-state index in [1.165, 1.54) is 11.3 Å². The van der Waals surface area contributed by atoms with Crippen LogP contribution in [0.15, 0.2) is 48.8 Å². The highest BCUT2D eigenvalue weighted by molar-refractivity contribution is 7.19. The van der Waals surface area contributed by atoms with Crippen LogP contribution in [0.4, 0.5) is 5.69 Å². The molecule has 0 spiro atoms. The molecule has 4 rings (SSSR count). The zero-order chi connectivity index (χ0) is 18.1. The van der Waals surface area contributed by atoms with E-state index >= 15 is 0 Å². The first-order valence-electron chi connectivity index (χ1n) is 7.56. The molecular formula is C17H12ClN5O2S. The van der Waals surface area contributed by atoms with E-state index in [1.54, 1.807) is 48.3 Å². The van der Waals surface area contributed by atoms with Crippen molar-refractivity contribution in [3.63, 3.8) is 0 Å². The lowest BCUT2D eigenvalue weighted by Crippen LogP contribution is -2.12. The van der Waals surface area contributed by atoms with Crippen LogP contribution in [0.25, 0.3) is 15.5 Å². The highest BCUT2D eigenvalue weighted by Crippen LogP contribution is 2.32. The lowest BCUT2D eigenvalue weighted by molar-refractivity contribution is 0.102. The van der Waals surface area contributed by atoms with Gasteiger partial charge in [0.05, 0.1) is 12.8 Å². The molecular weight excluding hydrogens is 374 g/mol. The number of fused-ring (bicyclic) bond motifs is 1. The molecule has 0 aliphatic rings. The van der Waals surface area contributed by atoms with Crippen LogP contribution in [-0.2, 0) is 0 Å². The van der Waals surface area contributed by atoms with Gasteiger partial charge in [0.15, 0.2) is 0 Å². The van der Waals surface area contributed by atoms with Gasteiger partial charge < -0.3 is 10.1 Å². The number of anilines is 1. The molecule has 0 atom stereocenters. The fraction of sp³-hybridized carbons (Fsp3) is 0.0588. The Balaban J connectivity index is 1.68. The van der Waals surface area contributed by atoms with Crippen LogP contribution in [0.3, 0.4) is 0 Å². The van der Waals surface area contributed by atoms with E-state index in [4.69, 9.17) is 16.3 Å². The Labute approximate surface area is 157 Å². The van der Waals surface area contributed by atoms with Crippen molar-refractivity contribution in [2.24, 2.45) is 0 Å². The molecule has 0 radical (unpaired) electrons. The third-order valence-electron chi connectivity index (χ3n) is 3.67. The normalized spacial score (nSPS) is 10.8. The van der Waals surface area contributed by atoms with Crippen LogP contribution >= 0.6 is 22.9 Å². The summed E-state index contributed by atoms with van der Waals surface area (Å²) >= 11 is 7.36. The van der Waals surface area contributed by atoms with Crippen LogP contribution < -0.4 is 10.1 Å². The van der Waals surface area contributed by atoms with Gasteiger partial charge in [0.1, 0.15) is 17.1 Å². The number of methoxy groups -OCH3 is 1. The fourth-order valence-corrected chi connectivity index (χ4v) is 3.45. The summed E-state index contributed by atoms with van der Waals surface area (Å²) in [4.78, 5) is 13.2. The van der Waals surface area contributed by atoms with E-state index in [0.29, 0.717) is 27.0 Å². The van der Waals surface area contributed by atoms with Crippen molar-refractivity contribution in [1.29, 1.82) is 0 Å². The van der Waals surface area contributed by atoms with Gasteiger partial charge in [-0.3, -0.25) is 4.79 Å². The Kier molecular flexibility index (Phi) is 4.27. The van der Waals surface area contributed by atoms with E-state index < -0.39 is 0 Å². The van der Waals surface area contributed by atoms with Gasteiger partial charge in [-0.25, -0.2) is 0 Å². The van der Waals surface area contributed by atoms with Crippen molar-refractivity contribution in [3.8, 4) is 16.3 Å². The van der Waals surface area contributed by atoms with Crippen molar-refractivity contribution in [2.75, 3.05) is 12.4 Å². The van der Waals surface area contributed by atoms with Gasteiger partial charge in [-0.2, -0.15) is 9.61 Å². The predicted molar refractivity (Wildman–Crippen MR) is 100 cm³/mol. The molecule has 1 amide bonds. The van der Waals surface area contributed by atoms with Gasteiger partial charge in [-0.15, -0.1) is 10.2 Å². The van der Waals surface area contributed by atoms with Gasteiger partial charge in [0, 0.05) is 16.1 Å². The summed E-state index contributed by atoms with van der Waals surface area (Å²) in [7, 11) is 1.55. The molecule has 2 aromatic carbocycles. The van der Waals surface area contributed by atoms with Crippen LogP contribution in [0.1, 0.15) is 10.4 Å². The molecule has 1 N–H and O–H groups in total. The number of nitrogens with zero attached hydrogens (tertiary/aromatic N) is 4. The molecule has 0 unspecified atom stereocenters. The lowest BCUT2D eigenvalue weighted by Gasteiger charge is -2.11. The number of carbonyl (C=O) groups is 1. The third-order valence-corrected chi connectivity index (χ3v) is 4.87. The molecule has 0 aliphatic heterocycles. The lowest BCUT2D eigenvalue weighted by atomic mass is 10.1. The SMILES string of the molecule is COc1ccc(-c2nn3cnnc3s2)cc1NC(=O)c1cccc(Cl)c1. The number of hydrogen-bond acceptors (Lipinski definition) is 6. The highest BCUT2D eigenvalue weighted by Gasteiger charge is 2.14. The quantitative estimate of drug-likeness (QED) is 0.578. The van der Waals surface area contributed by atoms with Crippen molar-refractivity contribution in [2.45, 2.75) is 0 Å². The molecule has 0 bridgehead atoms. The maximum atomic E-state index is 12.5. The van der Waals surface area contributed by atoms with Gasteiger partial charge in [-0.1, -0.05) is 29.0 Å². The summed E-state index contributed by atoms with van der Waals surface area (Å²) in [5.41, 5.74) is 1.84. The fourth-order valence-electron chi connectivity index (χ4n) is 2.44. The van der Waals surface area contributed by atoms with Crippen molar-refractivity contribution in [3.05, 3.63) is 59.4 Å². The Hall–Kier alpha value is -2.97. The number of nitrogens with one attached hydrogen (secondary N) is 1. The molecule has 2 heterocycles. The number of carbonyl (C=O) groups excluding carboxylic acids is 1. The minimum atomic E-state index is -0.277. The van der Waals surface area contributed by atoms with Crippen LogP contribution in [0, 0.1) is 0 Å². The molecule has 0 aliphatic carbocycles. The summed E-state index contributed by atoms with van der Waals surface area (Å²) < 4.78 is 6.96. The van der Waals surface area contributed by atoms with Gasteiger partial charge in [-0.05, 0) is 36.4 Å². The smallest absolute Gasteiger partial charge is 0.255 e. The molecule has 4 aromatic rings. The molecule has 2 aromatic heterocycles. The van der Waals surface area contributed by atoms with E-state index in [9.17, 15) is 4.79 Å². The summed E-state index contributed by atoms with van der Waals surface area (Å²) in [6, 6.07) is 12.2. The number of amides is 1. The van der Waals surface area contributed by atoms with Crippen molar-refractivity contribution in [1.82, 2.24) is 19.8 Å².